The molecular weight excluding hydrogens is 474 g/mol. The number of hydrazone groups is 1. The molecule has 0 radical (unpaired) electrons. The molecule has 0 saturated carbocycles. The Morgan fingerprint density at radius 1 is 1.08 bits per heavy atom. The Balaban J connectivity index is 1.26. The molecule has 2 aliphatic rings. The first-order chi connectivity index (χ1) is 17.7. The largest absolute Gasteiger partial charge is 0.497 e. The summed E-state index contributed by atoms with van der Waals surface area (Å²) in [4.78, 5) is 17.5. The average molecular weight is 498 g/mol. The molecule has 1 aliphatic heterocycles. The molecule has 9 heteroatoms. The lowest BCUT2D eigenvalue weighted by Crippen LogP contribution is -2.33. The number of ether oxygens (including phenoxy) is 1. The fourth-order valence-corrected chi connectivity index (χ4v) is 5.49. The van der Waals surface area contributed by atoms with Crippen LogP contribution in [0.4, 0.5) is 0 Å². The number of rotatable bonds is 6. The summed E-state index contributed by atoms with van der Waals surface area (Å²) >= 11 is 1.22. The summed E-state index contributed by atoms with van der Waals surface area (Å²) in [6.07, 6.45) is 5.23. The number of hydrogen-bond donors (Lipinski definition) is 0. The molecule has 0 saturated heterocycles. The van der Waals surface area contributed by atoms with Crippen LogP contribution in [-0.4, -0.2) is 44.7 Å². The highest BCUT2D eigenvalue weighted by Gasteiger charge is 2.43. The smallest absolute Gasteiger partial charge is 0.277 e. The van der Waals surface area contributed by atoms with Crippen molar-refractivity contribution in [1.29, 1.82) is 0 Å². The van der Waals surface area contributed by atoms with E-state index in [1.165, 1.54) is 17.3 Å². The maximum atomic E-state index is 13.5. The third-order valence-electron chi connectivity index (χ3n) is 6.60. The summed E-state index contributed by atoms with van der Waals surface area (Å²) in [6.45, 7) is 0. The van der Waals surface area contributed by atoms with Gasteiger partial charge in [-0.15, -0.1) is 10.2 Å². The van der Waals surface area contributed by atoms with Crippen molar-refractivity contribution in [3.63, 3.8) is 0 Å². The minimum atomic E-state index is -0.178. The van der Waals surface area contributed by atoms with Crippen LogP contribution in [0.3, 0.4) is 0 Å². The van der Waals surface area contributed by atoms with Gasteiger partial charge in [-0.05, 0) is 48.2 Å². The third kappa shape index (κ3) is 4.15. The first-order valence-electron chi connectivity index (χ1n) is 11.7. The van der Waals surface area contributed by atoms with E-state index in [0.29, 0.717) is 11.1 Å². The van der Waals surface area contributed by atoms with Crippen LogP contribution >= 0.6 is 11.8 Å². The van der Waals surface area contributed by atoms with E-state index in [2.05, 4.69) is 33.4 Å². The van der Waals surface area contributed by atoms with Gasteiger partial charge in [0.25, 0.3) is 11.1 Å². The van der Waals surface area contributed by atoms with Crippen LogP contribution in [0.25, 0.3) is 11.5 Å². The number of pyridine rings is 1. The summed E-state index contributed by atoms with van der Waals surface area (Å²) in [6, 6.07) is 19.7. The monoisotopic (exact) mass is 497 g/mol. The van der Waals surface area contributed by atoms with E-state index in [0.717, 1.165) is 41.0 Å². The number of methoxy groups -OCH3 is 1. The summed E-state index contributed by atoms with van der Waals surface area (Å²) in [5.41, 5.74) is 5.21. The van der Waals surface area contributed by atoms with Gasteiger partial charge in [0.15, 0.2) is 0 Å². The van der Waals surface area contributed by atoms with Crippen molar-refractivity contribution in [2.45, 2.75) is 24.1 Å². The van der Waals surface area contributed by atoms with E-state index in [1.54, 1.807) is 36.6 Å². The number of hydrogen-bond acceptors (Lipinski definition) is 8. The fraction of sp³-hybridized carbons (Fsp3) is 0.222. The van der Waals surface area contributed by atoms with Gasteiger partial charge < -0.3 is 9.15 Å². The van der Waals surface area contributed by atoms with Gasteiger partial charge in [0.05, 0.1) is 24.6 Å². The normalized spacial score (nSPS) is 18.4. The molecule has 2 aromatic carbocycles. The molecule has 1 amide bonds. The van der Waals surface area contributed by atoms with Crippen LogP contribution in [0.2, 0.25) is 0 Å². The van der Waals surface area contributed by atoms with Crippen LogP contribution in [0.1, 0.15) is 29.2 Å². The predicted octanol–water partition coefficient (Wildman–Crippen LogP) is 4.78. The van der Waals surface area contributed by atoms with Crippen LogP contribution in [-0.2, 0) is 11.2 Å². The Bertz CT molecular complexity index is 1420. The lowest BCUT2D eigenvalue weighted by Gasteiger charge is -2.29. The first-order valence-corrected chi connectivity index (χ1v) is 12.7. The molecular formula is C27H23N5O3S. The molecule has 0 bridgehead atoms. The van der Waals surface area contributed by atoms with E-state index >= 15 is 0 Å². The minimum Gasteiger partial charge on any atom is -0.497 e. The summed E-state index contributed by atoms with van der Waals surface area (Å²) in [5, 5.41) is 15.1. The van der Waals surface area contributed by atoms with Crippen molar-refractivity contribution >= 4 is 23.4 Å². The highest BCUT2D eigenvalue weighted by Crippen LogP contribution is 2.44. The van der Waals surface area contributed by atoms with E-state index in [4.69, 9.17) is 14.3 Å². The zero-order valence-corrected chi connectivity index (χ0v) is 20.4. The van der Waals surface area contributed by atoms with Crippen molar-refractivity contribution < 1.29 is 13.9 Å². The Labute approximate surface area is 212 Å². The van der Waals surface area contributed by atoms with Crippen LogP contribution < -0.4 is 4.74 Å². The fourth-order valence-electron chi connectivity index (χ4n) is 4.87. The maximum Gasteiger partial charge on any atom is 0.277 e. The van der Waals surface area contributed by atoms with E-state index < -0.39 is 0 Å². The molecule has 4 aromatic rings. The quantitative estimate of drug-likeness (QED) is 0.354. The van der Waals surface area contributed by atoms with Gasteiger partial charge in [0.2, 0.25) is 5.89 Å². The molecule has 8 nitrogen and oxygen atoms in total. The number of carbonyl (C=O) groups excluding carboxylic acids is 1. The number of aromatic nitrogens is 3. The summed E-state index contributed by atoms with van der Waals surface area (Å²) < 4.78 is 11.1. The number of amides is 1. The number of fused-ring (bicyclic) bond motifs is 3. The van der Waals surface area contributed by atoms with Crippen molar-refractivity contribution in [1.82, 2.24) is 20.2 Å². The van der Waals surface area contributed by atoms with Crippen LogP contribution in [0, 0.1) is 5.92 Å². The second kappa shape index (κ2) is 9.58. The number of aryl methyl sites for hydroxylation is 1. The SMILES string of the molecule is COc1ccc([C@@H]2[C@@H]3CCc4ccccc4C3=NN2C(=O)CSc2nnc(-c3ccncc3)o2)cc1. The molecule has 0 N–H and O–H groups in total. The predicted molar refractivity (Wildman–Crippen MR) is 136 cm³/mol. The van der Waals surface area contributed by atoms with Gasteiger partial charge >= 0.3 is 0 Å². The topological polar surface area (TPSA) is 93.7 Å². The molecule has 0 fully saturated rings. The molecule has 0 spiro atoms. The average Bonchev–Trinajstić information content (AvgIpc) is 3.58. The Morgan fingerprint density at radius 3 is 2.69 bits per heavy atom. The lowest BCUT2D eigenvalue weighted by atomic mass is 9.77. The molecule has 6 rings (SSSR count). The standard InChI is InChI=1S/C27H23N5O3S/c1-34-20-9-6-18(7-10-20)25-22-11-8-17-4-2-3-5-21(17)24(22)31-32(25)23(33)16-36-27-30-29-26(35-27)19-12-14-28-15-13-19/h2-7,9-10,12-15,22,25H,8,11,16H2,1H3/t22-,25-/m1/s1. The highest BCUT2D eigenvalue weighted by atomic mass is 32.2. The zero-order chi connectivity index (χ0) is 24.5. The second-order valence-corrected chi connectivity index (χ2v) is 9.57. The van der Waals surface area contributed by atoms with Crippen LogP contribution in [0.15, 0.2) is 87.8 Å². The first kappa shape index (κ1) is 22.5. The molecule has 0 unspecified atom stereocenters. The molecule has 1 aliphatic carbocycles. The second-order valence-electron chi connectivity index (χ2n) is 8.64. The third-order valence-corrected chi connectivity index (χ3v) is 7.40. The Hall–Kier alpha value is -3.98. The molecule has 2 atom stereocenters. The maximum absolute atomic E-state index is 13.5. The van der Waals surface area contributed by atoms with Crippen LogP contribution in [0.5, 0.6) is 5.75 Å². The Morgan fingerprint density at radius 2 is 1.89 bits per heavy atom. The van der Waals surface area contributed by atoms with Gasteiger partial charge in [-0.2, -0.15) is 5.10 Å². The zero-order valence-electron chi connectivity index (χ0n) is 19.6. The van der Waals surface area contributed by atoms with Crippen molar-refractivity contribution in [2.24, 2.45) is 11.0 Å². The number of nitrogens with zero attached hydrogens (tertiary/aromatic N) is 5. The molecule has 180 valence electrons. The van der Waals surface area contributed by atoms with Gasteiger partial charge in [-0.1, -0.05) is 48.2 Å². The minimum absolute atomic E-state index is 0.108. The van der Waals surface area contributed by atoms with Gasteiger partial charge in [-0.3, -0.25) is 9.78 Å². The Kier molecular flexibility index (Phi) is 5.98. The van der Waals surface area contributed by atoms with Gasteiger partial charge in [-0.25, -0.2) is 5.01 Å². The number of carbonyl (C=O) groups is 1. The number of thioether (sulfide) groups is 1. The molecule has 36 heavy (non-hydrogen) atoms. The molecule has 3 heterocycles. The van der Waals surface area contributed by atoms with Crippen molar-refractivity contribution in [2.75, 3.05) is 12.9 Å². The van der Waals surface area contributed by atoms with E-state index in [1.807, 2.05) is 30.3 Å². The van der Waals surface area contributed by atoms with E-state index in [-0.39, 0.29) is 23.6 Å². The lowest BCUT2D eigenvalue weighted by molar-refractivity contribution is -0.130. The van der Waals surface area contributed by atoms with E-state index in [9.17, 15) is 4.79 Å². The number of benzene rings is 2. The summed E-state index contributed by atoms with van der Waals surface area (Å²) in [5.74, 6) is 1.33. The summed E-state index contributed by atoms with van der Waals surface area (Å²) in [7, 11) is 1.65. The highest BCUT2D eigenvalue weighted by molar-refractivity contribution is 7.99. The van der Waals surface area contributed by atoms with Gasteiger partial charge in [0, 0.05) is 29.4 Å². The van der Waals surface area contributed by atoms with Gasteiger partial charge in [0.1, 0.15) is 5.75 Å². The molecule has 2 aromatic heterocycles. The van der Waals surface area contributed by atoms with Crippen molar-refractivity contribution in [3.8, 4) is 17.2 Å². The van der Waals surface area contributed by atoms with Crippen molar-refractivity contribution in [3.05, 3.63) is 89.7 Å².